The number of carbonyl (C=O) groups excluding carboxylic acids is 1. The maximum atomic E-state index is 13.1. The molecule has 1 aromatic heterocycles. The lowest BCUT2D eigenvalue weighted by Gasteiger charge is -2.26. The molecule has 10 heteroatoms. The number of nitrogens with one attached hydrogen (secondary N) is 2. The van der Waals surface area contributed by atoms with Gasteiger partial charge < -0.3 is 19.8 Å². The fourth-order valence-electron chi connectivity index (χ4n) is 4.58. The second-order valence-electron chi connectivity index (χ2n) is 8.66. The van der Waals surface area contributed by atoms with E-state index in [1.165, 1.54) is 39.7 Å². The van der Waals surface area contributed by atoms with Crippen LogP contribution in [0.4, 0.5) is 0 Å². The molecule has 1 aliphatic heterocycles. The number of fused-ring (bicyclic) bond motifs is 2. The van der Waals surface area contributed by atoms with Crippen LogP contribution in [0.2, 0.25) is 0 Å². The number of morpholine rings is 1. The second-order valence-corrected chi connectivity index (χ2v) is 10.6. The lowest BCUT2D eigenvalue weighted by molar-refractivity contribution is 0.0730. The Hall–Kier alpha value is -3.21. The quantitative estimate of drug-likeness (QED) is 0.481. The third-order valence-corrected chi connectivity index (χ3v) is 8.29. The summed E-state index contributed by atoms with van der Waals surface area (Å²) in [5.41, 5.74) is 2.73. The van der Waals surface area contributed by atoms with Crippen molar-refractivity contribution in [3.05, 3.63) is 69.5 Å². The SMILES string of the molecule is O=C(NCCOc1ccc2c(c1)CCC2)c1cc(=O)[nH]c2ccc(S(=O)(=O)N3CCOCC3)cc12. The third-order valence-electron chi connectivity index (χ3n) is 6.39. The number of rotatable bonds is 7. The molecule has 1 saturated heterocycles. The highest BCUT2D eigenvalue weighted by atomic mass is 32.2. The van der Waals surface area contributed by atoms with Gasteiger partial charge in [-0.25, -0.2) is 8.42 Å². The van der Waals surface area contributed by atoms with Crippen LogP contribution in [0.25, 0.3) is 10.9 Å². The maximum Gasteiger partial charge on any atom is 0.252 e. The van der Waals surface area contributed by atoms with Crippen molar-refractivity contribution in [2.24, 2.45) is 0 Å². The number of aryl methyl sites for hydroxylation is 2. The van der Waals surface area contributed by atoms with Crippen LogP contribution in [-0.4, -0.2) is 63.1 Å². The summed E-state index contributed by atoms with van der Waals surface area (Å²) in [5, 5.41) is 3.13. The summed E-state index contributed by atoms with van der Waals surface area (Å²) >= 11 is 0. The van der Waals surface area contributed by atoms with Gasteiger partial charge in [0.15, 0.2) is 0 Å². The number of nitrogens with zero attached hydrogens (tertiary/aromatic N) is 1. The molecule has 0 unspecified atom stereocenters. The summed E-state index contributed by atoms with van der Waals surface area (Å²) in [6, 6.07) is 11.6. The van der Waals surface area contributed by atoms with Crippen molar-refractivity contribution in [3.8, 4) is 5.75 Å². The number of hydrogen-bond acceptors (Lipinski definition) is 6. The van der Waals surface area contributed by atoms with E-state index < -0.39 is 21.5 Å². The predicted octanol–water partition coefficient (Wildman–Crippen LogP) is 1.85. The zero-order chi connectivity index (χ0) is 24.4. The zero-order valence-corrected chi connectivity index (χ0v) is 20.0. The van der Waals surface area contributed by atoms with Gasteiger partial charge in [-0.2, -0.15) is 4.31 Å². The summed E-state index contributed by atoms with van der Waals surface area (Å²) in [6.07, 6.45) is 3.32. The average molecular weight is 498 g/mol. The summed E-state index contributed by atoms with van der Waals surface area (Å²) in [4.78, 5) is 27.8. The van der Waals surface area contributed by atoms with Crippen LogP contribution in [0.5, 0.6) is 5.75 Å². The van der Waals surface area contributed by atoms with Crippen LogP contribution in [0.1, 0.15) is 27.9 Å². The van der Waals surface area contributed by atoms with E-state index in [4.69, 9.17) is 9.47 Å². The molecule has 0 radical (unpaired) electrons. The molecular formula is C25H27N3O6S. The van der Waals surface area contributed by atoms with Gasteiger partial charge in [0.05, 0.1) is 30.2 Å². The summed E-state index contributed by atoms with van der Waals surface area (Å²) in [6.45, 7) is 1.70. The first-order chi connectivity index (χ1) is 16.9. The largest absolute Gasteiger partial charge is 0.492 e. The average Bonchev–Trinajstić information content (AvgIpc) is 3.34. The number of ether oxygens (including phenoxy) is 2. The van der Waals surface area contributed by atoms with E-state index in [1.54, 1.807) is 0 Å². The van der Waals surface area contributed by atoms with Gasteiger partial charge in [0.1, 0.15) is 12.4 Å². The summed E-state index contributed by atoms with van der Waals surface area (Å²) < 4.78 is 38.5. The van der Waals surface area contributed by atoms with Crippen molar-refractivity contribution in [2.75, 3.05) is 39.5 Å². The molecule has 0 saturated carbocycles. The fraction of sp³-hybridized carbons (Fsp3) is 0.360. The van der Waals surface area contributed by atoms with Gasteiger partial charge in [-0.3, -0.25) is 9.59 Å². The Kier molecular flexibility index (Phi) is 6.59. The Labute approximate surface area is 203 Å². The minimum atomic E-state index is -3.75. The maximum absolute atomic E-state index is 13.1. The number of hydrogen-bond donors (Lipinski definition) is 2. The molecule has 0 spiro atoms. The number of H-pyrrole nitrogens is 1. The number of benzene rings is 2. The Morgan fingerprint density at radius 2 is 1.86 bits per heavy atom. The lowest BCUT2D eigenvalue weighted by atomic mass is 10.1. The van der Waals surface area contributed by atoms with E-state index in [2.05, 4.69) is 16.4 Å². The van der Waals surface area contributed by atoms with Crippen LogP contribution in [0.15, 0.2) is 52.2 Å². The highest BCUT2D eigenvalue weighted by molar-refractivity contribution is 7.89. The van der Waals surface area contributed by atoms with E-state index in [9.17, 15) is 18.0 Å². The van der Waals surface area contributed by atoms with Gasteiger partial charge in [-0.05, 0) is 60.7 Å². The zero-order valence-electron chi connectivity index (χ0n) is 19.2. The number of pyridine rings is 1. The molecule has 2 heterocycles. The van der Waals surface area contributed by atoms with E-state index in [-0.39, 0.29) is 36.7 Å². The molecule has 0 atom stereocenters. The van der Waals surface area contributed by atoms with Crippen molar-refractivity contribution in [2.45, 2.75) is 24.2 Å². The second kappa shape index (κ2) is 9.80. The Morgan fingerprint density at radius 1 is 1.06 bits per heavy atom. The van der Waals surface area contributed by atoms with Crippen LogP contribution in [0.3, 0.4) is 0 Å². The van der Waals surface area contributed by atoms with Crippen molar-refractivity contribution in [3.63, 3.8) is 0 Å². The van der Waals surface area contributed by atoms with Gasteiger partial charge in [0.2, 0.25) is 15.6 Å². The first kappa shape index (κ1) is 23.5. The normalized spacial score (nSPS) is 16.2. The topological polar surface area (TPSA) is 118 Å². The molecular weight excluding hydrogens is 470 g/mol. The first-order valence-corrected chi connectivity index (χ1v) is 13.1. The van der Waals surface area contributed by atoms with Crippen molar-refractivity contribution in [1.29, 1.82) is 0 Å². The molecule has 0 bridgehead atoms. The predicted molar refractivity (Wildman–Crippen MR) is 130 cm³/mol. The van der Waals surface area contributed by atoms with Gasteiger partial charge in [0.25, 0.3) is 5.91 Å². The van der Waals surface area contributed by atoms with Crippen LogP contribution >= 0.6 is 0 Å². The van der Waals surface area contributed by atoms with Crippen LogP contribution < -0.4 is 15.6 Å². The molecule has 1 fully saturated rings. The molecule has 2 N–H and O–H groups in total. The molecule has 2 aliphatic rings. The smallest absolute Gasteiger partial charge is 0.252 e. The van der Waals surface area contributed by atoms with Crippen molar-refractivity contribution in [1.82, 2.24) is 14.6 Å². The third kappa shape index (κ3) is 4.95. The molecule has 184 valence electrons. The minimum absolute atomic E-state index is 0.0629. The first-order valence-electron chi connectivity index (χ1n) is 11.7. The molecule has 1 amide bonds. The molecule has 35 heavy (non-hydrogen) atoms. The molecule has 9 nitrogen and oxygen atoms in total. The standard InChI is InChI=1S/C25H27N3O6S/c29-24-16-22(25(30)26-8-11-34-19-5-4-17-2-1-3-18(17)14-19)21-15-20(6-7-23(21)27-24)35(31,32)28-9-12-33-13-10-28/h4-7,14-16H,1-3,8-13H2,(H,26,30)(H,27,29). The Bertz CT molecular complexity index is 1430. The Morgan fingerprint density at radius 3 is 2.69 bits per heavy atom. The highest BCUT2D eigenvalue weighted by Crippen LogP contribution is 2.26. The molecule has 3 aromatic rings. The lowest BCUT2D eigenvalue weighted by Crippen LogP contribution is -2.40. The summed E-state index contributed by atoms with van der Waals surface area (Å²) in [7, 11) is -3.75. The molecule has 1 aliphatic carbocycles. The monoisotopic (exact) mass is 497 g/mol. The number of sulfonamides is 1. The van der Waals surface area contributed by atoms with Crippen LogP contribution in [0, 0.1) is 0 Å². The van der Waals surface area contributed by atoms with E-state index in [0.29, 0.717) is 24.1 Å². The Balaban J connectivity index is 1.31. The highest BCUT2D eigenvalue weighted by Gasteiger charge is 2.27. The molecule has 2 aromatic carbocycles. The minimum Gasteiger partial charge on any atom is -0.492 e. The van der Waals surface area contributed by atoms with Gasteiger partial charge in [-0.1, -0.05) is 6.07 Å². The summed E-state index contributed by atoms with van der Waals surface area (Å²) in [5.74, 6) is 0.291. The number of aromatic amines is 1. The van der Waals surface area contributed by atoms with Gasteiger partial charge in [-0.15, -0.1) is 0 Å². The molecule has 5 rings (SSSR count). The number of amides is 1. The van der Waals surface area contributed by atoms with Gasteiger partial charge in [0, 0.05) is 30.1 Å². The van der Waals surface area contributed by atoms with E-state index in [0.717, 1.165) is 25.0 Å². The fourth-order valence-corrected chi connectivity index (χ4v) is 6.02. The van der Waals surface area contributed by atoms with Crippen LogP contribution in [-0.2, 0) is 27.6 Å². The van der Waals surface area contributed by atoms with Crippen molar-refractivity contribution < 1.29 is 22.7 Å². The van der Waals surface area contributed by atoms with E-state index >= 15 is 0 Å². The van der Waals surface area contributed by atoms with Gasteiger partial charge >= 0.3 is 0 Å². The number of carbonyl (C=O) groups is 1. The number of aromatic nitrogens is 1. The van der Waals surface area contributed by atoms with E-state index in [1.807, 2.05) is 12.1 Å². The van der Waals surface area contributed by atoms with Crippen molar-refractivity contribution >= 4 is 26.8 Å².